The van der Waals surface area contributed by atoms with Crippen LogP contribution in [0.2, 0.25) is 0 Å². The van der Waals surface area contributed by atoms with E-state index in [0.717, 1.165) is 5.56 Å². The maximum absolute atomic E-state index is 5.52. The molecule has 1 aromatic heterocycles. The van der Waals surface area contributed by atoms with Crippen LogP contribution in [0.3, 0.4) is 0 Å². The van der Waals surface area contributed by atoms with Crippen LogP contribution in [0.25, 0.3) is 0 Å². The number of hydrogen-bond acceptors (Lipinski definition) is 6. The number of hydrazone groups is 1. The lowest BCUT2D eigenvalue weighted by atomic mass is 10.2. The molecule has 0 saturated carbocycles. The number of benzene rings is 1. The summed E-state index contributed by atoms with van der Waals surface area (Å²) in [5, 5.41) is 3.98. The number of nitrogens with zero attached hydrogens (tertiary/aromatic N) is 3. The van der Waals surface area contributed by atoms with Gasteiger partial charge in [0.15, 0.2) is 0 Å². The molecule has 0 aliphatic heterocycles. The fourth-order valence-electron chi connectivity index (χ4n) is 1.24. The van der Waals surface area contributed by atoms with Gasteiger partial charge in [-0.2, -0.15) is 15.1 Å². The maximum atomic E-state index is 5.52. The highest BCUT2D eigenvalue weighted by Crippen LogP contribution is 2.07. The van der Waals surface area contributed by atoms with Crippen LogP contribution < -0.4 is 16.9 Å². The summed E-state index contributed by atoms with van der Waals surface area (Å²) < 4.78 is 0. The van der Waals surface area contributed by atoms with Gasteiger partial charge in [0.05, 0.1) is 6.21 Å². The fourth-order valence-corrected chi connectivity index (χ4v) is 1.24. The van der Waals surface area contributed by atoms with Crippen LogP contribution in [-0.4, -0.2) is 16.2 Å². The minimum Gasteiger partial charge on any atom is -0.383 e. The normalized spacial score (nSPS) is 10.6. The van der Waals surface area contributed by atoms with E-state index in [4.69, 9.17) is 11.5 Å². The van der Waals surface area contributed by atoms with Crippen LogP contribution in [0, 0.1) is 0 Å². The zero-order chi connectivity index (χ0) is 12.1. The second-order valence-electron chi connectivity index (χ2n) is 3.32. The van der Waals surface area contributed by atoms with Crippen molar-refractivity contribution in [1.29, 1.82) is 0 Å². The van der Waals surface area contributed by atoms with E-state index in [-0.39, 0.29) is 5.95 Å². The molecule has 0 radical (unpaired) electrons. The second kappa shape index (κ2) is 4.93. The minimum absolute atomic E-state index is 0.273. The largest absolute Gasteiger partial charge is 0.383 e. The van der Waals surface area contributed by atoms with Gasteiger partial charge in [0.1, 0.15) is 11.6 Å². The van der Waals surface area contributed by atoms with E-state index in [9.17, 15) is 0 Å². The van der Waals surface area contributed by atoms with Gasteiger partial charge in [0.2, 0.25) is 5.95 Å². The number of hydrogen-bond donors (Lipinski definition) is 3. The van der Waals surface area contributed by atoms with Gasteiger partial charge < -0.3 is 11.5 Å². The SMILES string of the molecule is Nc1cc(N)nc(N/N=C/c2ccccc2)n1. The summed E-state index contributed by atoms with van der Waals surface area (Å²) in [4.78, 5) is 7.85. The molecule has 0 bridgehead atoms. The third kappa shape index (κ3) is 3.16. The molecule has 0 aliphatic carbocycles. The molecular formula is C11H12N6. The summed E-state index contributed by atoms with van der Waals surface area (Å²) in [5.41, 5.74) is 14.7. The predicted molar refractivity (Wildman–Crippen MR) is 68.5 cm³/mol. The van der Waals surface area contributed by atoms with Gasteiger partial charge in [-0.1, -0.05) is 30.3 Å². The first-order valence-corrected chi connectivity index (χ1v) is 4.98. The highest BCUT2D eigenvalue weighted by molar-refractivity contribution is 5.79. The van der Waals surface area contributed by atoms with Crippen molar-refractivity contribution in [2.45, 2.75) is 0 Å². The van der Waals surface area contributed by atoms with Gasteiger partial charge in [0, 0.05) is 6.07 Å². The number of aromatic nitrogens is 2. The lowest BCUT2D eigenvalue weighted by molar-refractivity contribution is 1.13. The minimum atomic E-state index is 0.273. The molecule has 0 unspecified atom stereocenters. The number of rotatable bonds is 3. The predicted octanol–water partition coefficient (Wildman–Crippen LogP) is 1.09. The summed E-state index contributed by atoms with van der Waals surface area (Å²) >= 11 is 0. The summed E-state index contributed by atoms with van der Waals surface area (Å²) in [6, 6.07) is 11.1. The Labute approximate surface area is 98.4 Å². The van der Waals surface area contributed by atoms with Gasteiger partial charge >= 0.3 is 0 Å². The van der Waals surface area contributed by atoms with Crippen molar-refractivity contribution in [2.24, 2.45) is 5.10 Å². The van der Waals surface area contributed by atoms with Crippen molar-refractivity contribution in [3.05, 3.63) is 42.0 Å². The van der Waals surface area contributed by atoms with E-state index in [2.05, 4.69) is 20.5 Å². The molecule has 17 heavy (non-hydrogen) atoms. The molecule has 2 aromatic rings. The first-order valence-electron chi connectivity index (χ1n) is 4.98. The van der Waals surface area contributed by atoms with Crippen molar-refractivity contribution >= 4 is 23.8 Å². The van der Waals surface area contributed by atoms with Gasteiger partial charge in [-0.15, -0.1) is 0 Å². The lowest BCUT2D eigenvalue weighted by Crippen LogP contribution is -2.03. The van der Waals surface area contributed by atoms with Crippen LogP contribution in [-0.2, 0) is 0 Å². The van der Waals surface area contributed by atoms with Gasteiger partial charge in [0.25, 0.3) is 0 Å². The number of anilines is 3. The van der Waals surface area contributed by atoms with Crippen molar-refractivity contribution in [1.82, 2.24) is 9.97 Å². The van der Waals surface area contributed by atoms with Crippen LogP contribution in [0.1, 0.15) is 5.56 Å². The molecular weight excluding hydrogens is 216 g/mol. The topological polar surface area (TPSA) is 102 Å². The number of nitrogens with two attached hydrogens (primary N) is 2. The van der Waals surface area contributed by atoms with Gasteiger partial charge in [-0.05, 0) is 5.56 Å². The molecule has 1 aromatic carbocycles. The fraction of sp³-hybridized carbons (Fsp3) is 0. The zero-order valence-electron chi connectivity index (χ0n) is 9.04. The van der Waals surface area contributed by atoms with Crippen LogP contribution in [0.15, 0.2) is 41.5 Å². The van der Waals surface area contributed by atoms with Crippen molar-refractivity contribution in [3.63, 3.8) is 0 Å². The molecule has 5 N–H and O–H groups in total. The molecule has 6 heteroatoms. The van der Waals surface area contributed by atoms with Crippen molar-refractivity contribution < 1.29 is 0 Å². The Balaban J connectivity index is 2.05. The van der Waals surface area contributed by atoms with E-state index < -0.39 is 0 Å². The average molecular weight is 228 g/mol. The lowest BCUT2D eigenvalue weighted by Gasteiger charge is -2.00. The molecule has 2 rings (SSSR count). The summed E-state index contributed by atoms with van der Waals surface area (Å²) in [6.45, 7) is 0. The monoisotopic (exact) mass is 228 g/mol. The third-order valence-corrected chi connectivity index (χ3v) is 1.94. The molecule has 0 saturated heterocycles. The molecule has 0 atom stereocenters. The highest BCUT2D eigenvalue weighted by atomic mass is 15.4. The molecule has 0 aliphatic rings. The Morgan fingerprint density at radius 3 is 2.35 bits per heavy atom. The zero-order valence-corrected chi connectivity index (χ0v) is 9.04. The maximum Gasteiger partial charge on any atom is 0.247 e. The Morgan fingerprint density at radius 1 is 1.06 bits per heavy atom. The number of nitrogen functional groups attached to an aromatic ring is 2. The first-order chi connectivity index (χ1) is 8.24. The summed E-state index contributed by atoms with van der Waals surface area (Å²) in [7, 11) is 0. The van der Waals surface area contributed by atoms with Gasteiger partial charge in [-0.3, -0.25) is 0 Å². The number of nitrogens with one attached hydrogen (secondary N) is 1. The Kier molecular flexibility index (Phi) is 3.15. The summed E-state index contributed by atoms with van der Waals surface area (Å²) in [6.07, 6.45) is 1.66. The molecule has 0 amide bonds. The van der Waals surface area contributed by atoms with E-state index in [1.54, 1.807) is 6.21 Å². The molecule has 0 spiro atoms. The van der Waals surface area contributed by atoms with E-state index in [1.165, 1.54) is 6.07 Å². The third-order valence-electron chi connectivity index (χ3n) is 1.94. The molecule has 86 valence electrons. The Hall–Kier alpha value is -2.63. The quantitative estimate of drug-likeness (QED) is 0.539. The second-order valence-corrected chi connectivity index (χ2v) is 3.32. The van der Waals surface area contributed by atoms with Crippen LogP contribution in [0.5, 0.6) is 0 Å². The van der Waals surface area contributed by atoms with Crippen molar-refractivity contribution in [3.8, 4) is 0 Å². The van der Waals surface area contributed by atoms with Gasteiger partial charge in [-0.25, -0.2) is 5.43 Å². The van der Waals surface area contributed by atoms with Crippen LogP contribution >= 0.6 is 0 Å². The van der Waals surface area contributed by atoms with E-state index in [1.807, 2.05) is 30.3 Å². The standard InChI is InChI=1S/C11H12N6/c12-9-6-10(13)16-11(15-9)17-14-7-8-4-2-1-3-5-8/h1-7H,(H5,12,13,15,16,17)/b14-7+. The summed E-state index contributed by atoms with van der Waals surface area (Å²) in [5.74, 6) is 0.875. The smallest absolute Gasteiger partial charge is 0.247 e. The van der Waals surface area contributed by atoms with E-state index >= 15 is 0 Å². The molecule has 1 heterocycles. The molecule has 6 nitrogen and oxygen atoms in total. The molecule has 0 fully saturated rings. The van der Waals surface area contributed by atoms with E-state index in [0.29, 0.717) is 11.6 Å². The van der Waals surface area contributed by atoms with Crippen LogP contribution in [0.4, 0.5) is 17.6 Å². The highest BCUT2D eigenvalue weighted by Gasteiger charge is 1.97. The first kappa shape index (κ1) is 10.9. The average Bonchev–Trinajstić information content (AvgIpc) is 2.29. The van der Waals surface area contributed by atoms with Crippen molar-refractivity contribution in [2.75, 3.05) is 16.9 Å². The Morgan fingerprint density at radius 2 is 1.71 bits per heavy atom. The Bertz CT molecular complexity index is 502.